The van der Waals surface area contributed by atoms with Crippen molar-refractivity contribution in [2.45, 2.75) is 23.2 Å². The van der Waals surface area contributed by atoms with Crippen molar-refractivity contribution in [3.05, 3.63) is 63.8 Å². The van der Waals surface area contributed by atoms with E-state index in [-0.39, 0.29) is 16.4 Å². The number of rotatable bonds is 5. The van der Waals surface area contributed by atoms with Crippen LogP contribution in [0.2, 0.25) is 0 Å². The fraction of sp³-hybridized carbons (Fsp3) is 0.167. The lowest BCUT2D eigenvalue weighted by Gasteiger charge is -2.09. The third-order valence-electron chi connectivity index (χ3n) is 3.94. The number of aryl methyl sites for hydroxylation is 1. The molecule has 166 valence electrons. The highest BCUT2D eigenvalue weighted by Crippen LogP contribution is 2.31. The third kappa shape index (κ3) is 5.08. The predicted molar refractivity (Wildman–Crippen MR) is 112 cm³/mol. The quantitative estimate of drug-likeness (QED) is 0.320. The van der Waals surface area contributed by atoms with E-state index in [9.17, 15) is 22.8 Å². The molecule has 0 saturated heterocycles. The van der Waals surface area contributed by atoms with E-state index in [0.717, 1.165) is 28.0 Å². The maximum Gasteiger partial charge on any atom is 0.416 e. The standard InChI is InChI=1S/C18H13F3N6O3S2/c1-9-5-13-22-12(7-14(28)27(13)30-9)8-31-17-26-25-16(32-17)24-15(29)23-11-4-2-3-10(6-11)18(19,20)21/h2-7H,8H2,1H3,(H2,23,24,25,29). The number of thioether (sulfide) groups is 1. The minimum Gasteiger partial charge on any atom is -0.375 e. The number of aromatic nitrogens is 4. The van der Waals surface area contributed by atoms with Crippen LogP contribution in [0.25, 0.3) is 5.65 Å². The number of halogens is 3. The van der Waals surface area contributed by atoms with Crippen molar-refractivity contribution < 1.29 is 22.5 Å². The summed E-state index contributed by atoms with van der Waals surface area (Å²) in [4.78, 5) is 28.5. The van der Waals surface area contributed by atoms with E-state index in [4.69, 9.17) is 4.52 Å². The van der Waals surface area contributed by atoms with E-state index in [0.29, 0.717) is 27.2 Å². The van der Waals surface area contributed by atoms with Gasteiger partial charge in [0.15, 0.2) is 9.99 Å². The minimum absolute atomic E-state index is 0.0151. The average molecular weight is 482 g/mol. The Morgan fingerprint density at radius 2 is 2.03 bits per heavy atom. The van der Waals surface area contributed by atoms with Gasteiger partial charge in [-0.15, -0.1) is 14.8 Å². The number of alkyl halides is 3. The lowest BCUT2D eigenvalue weighted by atomic mass is 10.2. The van der Waals surface area contributed by atoms with Crippen LogP contribution in [0.4, 0.5) is 28.8 Å². The van der Waals surface area contributed by atoms with Crippen LogP contribution in [0.3, 0.4) is 0 Å². The Bertz CT molecular complexity index is 1350. The van der Waals surface area contributed by atoms with Crippen LogP contribution in [0.5, 0.6) is 0 Å². The molecule has 0 unspecified atom stereocenters. The van der Waals surface area contributed by atoms with E-state index in [2.05, 4.69) is 25.8 Å². The van der Waals surface area contributed by atoms with Gasteiger partial charge in [-0.25, -0.2) is 9.78 Å². The van der Waals surface area contributed by atoms with Gasteiger partial charge in [-0.1, -0.05) is 29.2 Å². The number of anilines is 2. The largest absolute Gasteiger partial charge is 0.416 e. The molecule has 32 heavy (non-hydrogen) atoms. The molecule has 0 aliphatic carbocycles. The summed E-state index contributed by atoms with van der Waals surface area (Å²) >= 11 is 2.33. The zero-order valence-electron chi connectivity index (χ0n) is 16.1. The van der Waals surface area contributed by atoms with Gasteiger partial charge >= 0.3 is 12.2 Å². The maximum absolute atomic E-state index is 12.8. The number of hydrogen-bond acceptors (Lipinski definition) is 8. The molecule has 0 fully saturated rings. The van der Waals surface area contributed by atoms with Gasteiger partial charge in [0, 0.05) is 23.6 Å². The van der Waals surface area contributed by atoms with Gasteiger partial charge in [0.2, 0.25) is 5.13 Å². The fourth-order valence-corrected chi connectivity index (χ4v) is 4.27. The highest BCUT2D eigenvalue weighted by atomic mass is 32.2. The highest BCUT2D eigenvalue weighted by molar-refractivity contribution is 8.00. The number of benzene rings is 1. The summed E-state index contributed by atoms with van der Waals surface area (Å²) in [6, 6.07) is 6.51. The van der Waals surface area contributed by atoms with Gasteiger partial charge in [-0.3, -0.25) is 10.1 Å². The summed E-state index contributed by atoms with van der Waals surface area (Å²) in [5, 5.41) is 12.7. The van der Waals surface area contributed by atoms with Gasteiger partial charge in [0.25, 0.3) is 5.56 Å². The molecule has 0 atom stereocenters. The van der Waals surface area contributed by atoms with Crippen molar-refractivity contribution in [2.24, 2.45) is 0 Å². The van der Waals surface area contributed by atoms with Crippen LogP contribution in [0.15, 0.2) is 50.1 Å². The molecular weight excluding hydrogens is 469 g/mol. The second-order valence-corrected chi connectivity index (χ2v) is 8.60. The molecule has 0 radical (unpaired) electrons. The van der Waals surface area contributed by atoms with Gasteiger partial charge in [0.05, 0.1) is 11.3 Å². The Morgan fingerprint density at radius 1 is 1.22 bits per heavy atom. The number of urea groups is 1. The van der Waals surface area contributed by atoms with Crippen molar-refractivity contribution in [3.63, 3.8) is 0 Å². The number of hydrogen-bond donors (Lipinski definition) is 2. The molecule has 14 heteroatoms. The number of amides is 2. The smallest absolute Gasteiger partial charge is 0.375 e. The van der Waals surface area contributed by atoms with E-state index < -0.39 is 17.8 Å². The van der Waals surface area contributed by atoms with Crippen molar-refractivity contribution in [1.82, 2.24) is 19.8 Å². The first-order chi connectivity index (χ1) is 15.2. The molecule has 4 rings (SSSR count). The van der Waals surface area contributed by atoms with Crippen LogP contribution in [-0.4, -0.2) is 25.8 Å². The van der Waals surface area contributed by atoms with Gasteiger partial charge < -0.3 is 9.84 Å². The zero-order chi connectivity index (χ0) is 22.9. The summed E-state index contributed by atoms with van der Waals surface area (Å²) in [6.45, 7) is 1.71. The fourth-order valence-electron chi connectivity index (χ4n) is 2.63. The molecule has 4 aromatic rings. The zero-order valence-corrected chi connectivity index (χ0v) is 17.8. The first-order valence-corrected chi connectivity index (χ1v) is 10.7. The predicted octanol–water partition coefficient (Wildman–Crippen LogP) is 4.40. The second-order valence-electron chi connectivity index (χ2n) is 6.40. The van der Waals surface area contributed by atoms with E-state index in [1.54, 1.807) is 13.0 Å². The van der Waals surface area contributed by atoms with Crippen molar-refractivity contribution in [3.8, 4) is 0 Å². The molecule has 0 aliphatic rings. The third-order valence-corrected chi connectivity index (χ3v) is 5.95. The Hall–Kier alpha value is -3.39. The Labute approximate surface area is 185 Å². The molecule has 0 saturated carbocycles. The van der Waals surface area contributed by atoms with Crippen molar-refractivity contribution in [1.29, 1.82) is 0 Å². The Kier molecular flexibility index (Phi) is 5.88. The molecule has 1 aromatic carbocycles. The molecule has 9 nitrogen and oxygen atoms in total. The van der Waals surface area contributed by atoms with Crippen molar-refractivity contribution in [2.75, 3.05) is 10.6 Å². The summed E-state index contributed by atoms with van der Waals surface area (Å²) in [5.74, 6) is 0.892. The average Bonchev–Trinajstić information content (AvgIpc) is 3.31. The van der Waals surface area contributed by atoms with Crippen LogP contribution in [0.1, 0.15) is 17.0 Å². The van der Waals surface area contributed by atoms with E-state index in [1.807, 2.05) is 0 Å². The van der Waals surface area contributed by atoms with E-state index in [1.165, 1.54) is 30.0 Å². The van der Waals surface area contributed by atoms with Crippen molar-refractivity contribution >= 4 is 45.6 Å². The van der Waals surface area contributed by atoms with Crippen LogP contribution < -0.4 is 16.2 Å². The molecule has 2 N–H and O–H groups in total. The SMILES string of the molecule is Cc1cc2nc(CSc3nnc(NC(=O)Nc4cccc(C(F)(F)F)c4)s3)cc(=O)n2o1. The molecule has 0 bridgehead atoms. The monoisotopic (exact) mass is 482 g/mol. The highest BCUT2D eigenvalue weighted by Gasteiger charge is 2.30. The summed E-state index contributed by atoms with van der Waals surface area (Å²) in [5.41, 5.74) is -0.311. The van der Waals surface area contributed by atoms with Crippen LogP contribution in [0, 0.1) is 6.92 Å². The molecule has 0 spiro atoms. The molecular formula is C18H13F3N6O3S2. The molecule has 3 heterocycles. The van der Waals surface area contributed by atoms with E-state index >= 15 is 0 Å². The second kappa shape index (κ2) is 8.63. The normalized spacial score (nSPS) is 11.6. The number of fused-ring (bicyclic) bond motifs is 1. The number of nitrogens with one attached hydrogen (secondary N) is 2. The van der Waals surface area contributed by atoms with Crippen LogP contribution in [-0.2, 0) is 11.9 Å². The number of carbonyl (C=O) groups is 1. The van der Waals surface area contributed by atoms with Crippen LogP contribution >= 0.6 is 23.1 Å². The molecule has 2 amide bonds. The number of nitrogens with zero attached hydrogens (tertiary/aromatic N) is 4. The molecule has 0 aliphatic heterocycles. The minimum atomic E-state index is -4.51. The number of carbonyl (C=O) groups excluding carboxylic acids is 1. The first kappa shape index (κ1) is 21.8. The first-order valence-electron chi connectivity index (χ1n) is 8.88. The maximum atomic E-state index is 12.8. The lowest BCUT2D eigenvalue weighted by Crippen LogP contribution is -2.19. The topological polar surface area (TPSA) is 114 Å². The summed E-state index contributed by atoms with van der Waals surface area (Å²) in [7, 11) is 0. The summed E-state index contributed by atoms with van der Waals surface area (Å²) < 4.78 is 45.2. The Morgan fingerprint density at radius 3 is 2.81 bits per heavy atom. The lowest BCUT2D eigenvalue weighted by molar-refractivity contribution is -0.137. The molecule has 3 aromatic heterocycles. The van der Waals surface area contributed by atoms with Gasteiger partial charge in [0.1, 0.15) is 5.76 Å². The Balaban J connectivity index is 1.36. The summed E-state index contributed by atoms with van der Waals surface area (Å²) in [6.07, 6.45) is -4.51. The van der Waals surface area contributed by atoms with Gasteiger partial charge in [-0.05, 0) is 25.1 Å². The van der Waals surface area contributed by atoms with Gasteiger partial charge in [-0.2, -0.15) is 13.2 Å².